The van der Waals surface area contributed by atoms with Gasteiger partial charge in [0.1, 0.15) is 0 Å². The van der Waals surface area contributed by atoms with Crippen molar-refractivity contribution >= 4 is 6.03 Å². The molecule has 1 fully saturated rings. The summed E-state index contributed by atoms with van der Waals surface area (Å²) in [6.07, 6.45) is 5.05. The van der Waals surface area contributed by atoms with Gasteiger partial charge in [-0.25, -0.2) is 4.79 Å². The summed E-state index contributed by atoms with van der Waals surface area (Å²) >= 11 is 0. The summed E-state index contributed by atoms with van der Waals surface area (Å²) in [5, 5.41) is 2.98. The average Bonchev–Trinajstić information content (AvgIpc) is 2.27. The molecule has 100 valence electrons. The van der Waals surface area contributed by atoms with E-state index in [0.717, 1.165) is 13.0 Å². The van der Waals surface area contributed by atoms with Crippen molar-refractivity contribution < 1.29 is 9.53 Å². The van der Waals surface area contributed by atoms with Crippen LogP contribution in [0.1, 0.15) is 46.5 Å². The molecule has 0 radical (unpaired) electrons. The number of nitrogens with zero attached hydrogens (tertiary/aromatic N) is 1. The number of nitrogens with one attached hydrogen (secondary N) is 1. The van der Waals surface area contributed by atoms with Gasteiger partial charge in [-0.2, -0.15) is 0 Å². The average molecular weight is 242 g/mol. The number of hydrogen-bond acceptors (Lipinski definition) is 2. The normalized spacial score (nSPS) is 24.8. The SMILES string of the molecule is CCCCCCNC(=O)N1CC(C)OC(C)C1. The zero-order chi connectivity index (χ0) is 12.7. The highest BCUT2D eigenvalue weighted by atomic mass is 16.5. The van der Waals surface area contributed by atoms with Gasteiger partial charge in [-0.15, -0.1) is 0 Å². The third kappa shape index (κ3) is 5.39. The van der Waals surface area contributed by atoms with Crippen LogP contribution in [0, 0.1) is 0 Å². The number of amides is 2. The van der Waals surface area contributed by atoms with Crippen LogP contribution in [0.15, 0.2) is 0 Å². The molecule has 0 aromatic heterocycles. The van der Waals surface area contributed by atoms with Gasteiger partial charge in [0.05, 0.1) is 12.2 Å². The third-order valence-corrected chi connectivity index (χ3v) is 3.01. The van der Waals surface area contributed by atoms with E-state index in [1.807, 2.05) is 18.7 Å². The minimum Gasteiger partial charge on any atom is -0.372 e. The number of morpholine rings is 1. The molecule has 2 atom stereocenters. The topological polar surface area (TPSA) is 41.6 Å². The number of hydrogen-bond donors (Lipinski definition) is 1. The lowest BCUT2D eigenvalue weighted by Crippen LogP contribution is -2.51. The van der Waals surface area contributed by atoms with E-state index >= 15 is 0 Å². The Morgan fingerprint density at radius 3 is 2.47 bits per heavy atom. The fraction of sp³-hybridized carbons (Fsp3) is 0.923. The second-order valence-electron chi connectivity index (χ2n) is 4.95. The quantitative estimate of drug-likeness (QED) is 0.752. The van der Waals surface area contributed by atoms with E-state index < -0.39 is 0 Å². The lowest BCUT2D eigenvalue weighted by molar-refractivity contribution is -0.0545. The molecule has 0 bridgehead atoms. The first-order valence-corrected chi connectivity index (χ1v) is 6.81. The Kier molecular flexibility index (Phi) is 6.34. The van der Waals surface area contributed by atoms with Crippen molar-refractivity contribution in [1.29, 1.82) is 0 Å². The van der Waals surface area contributed by atoms with Crippen LogP contribution in [-0.4, -0.2) is 42.8 Å². The van der Waals surface area contributed by atoms with Crippen LogP contribution < -0.4 is 5.32 Å². The Balaban J connectivity index is 2.18. The van der Waals surface area contributed by atoms with Crippen LogP contribution in [-0.2, 0) is 4.74 Å². The standard InChI is InChI=1S/C13H26N2O2/c1-4-5-6-7-8-14-13(16)15-9-11(2)17-12(3)10-15/h11-12H,4-10H2,1-3H3,(H,14,16). The Bertz CT molecular complexity index is 223. The van der Waals surface area contributed by atoms with E-state index in [2.05, 4.69) is 12.2 Å². The molecule has 1 aliphatic heterocycles. The Hall–Kier alpha value is -0.770. The number of ether oxygens (including phenoxy) is 1. The number of urea groups is 1. The second-order valence-corrected chi connectivity index (χ2v) is 4.95. The van der Waals surface area contributed by atoms with Gasteiger partial charge in [-0.3, -0.25) is 0 Å². The first-order valence-electron chi connectivity index (χ1n) is 6.81. The van der Waals surface area contributed by atoms with E-state index in [1.54, 1.807) is 0 Å². The molecule has 1 saturated heterocycles. The second kappa shape index (κ2) is 7.54. The van der Waals surface area contributed by atoms with Crippen molar-refractivity contribution in [3.63, 3.8) is 0 Å². The first kappa shape index (κ1) is 14.3. The predicted octanol–water partition coefficient (Wildman–Crippen LogP) is 2.39. The van der Waals surface area contributed by atoms with Gasteiger partial charge in [0.2, 0.25) is 0 Å². The number of unbranched alkanes of at least 4 members (excludes halogenated alkanes) is 3. The summed E-state index contributed by atoms with van der Waals surface area (Å²) in [6, 6.07) is 0.0588. The van der Waals surface area contributed by atoms with Gasteiger partial charge in [-0.05, 0) is 20.3 Å². The molecule has 1 heterocycles. The van der Waals surface area contributed by atoms with Crippen molar-refractivity contribution in [2.75, 3.05) is 19.6 Å². The summed E-state index contributed by atoms with van der Waals surface area (Å²) < 4.78 is 5.60. The minimum atomic E-state index is 0.0588. The maximum Gasteiger partial charge on any atom is 0.317 e. The van der Waals surface area contributed by atoms with Gasteiger partial charge < -0.3 is 15.0 Å². The summed E-state index contributed by atoms with van der Waals surface area (Å²) in [5.41, 5.74) is 0. The van der Waals surface area contributed by atoms with Crippen molar-refractivity contribution in [2.24, 2.45) is 0 Å². The first-order chi connectivity index (χ1) is 8.13. The molecule has 0 aromatic carbocycles. The molecule has 4 heteroatoms. The van der Waals surface area contributed by atoms with E-state index in [1.165, 1.54) is 19.3 Å². The summed E-state index contributed by atoms with van der Waals surface area (Å²) in [4.78, 5) is 13.7. The molecule has 0 aliphatic carbocycles. The highest BCUT2D eigenvalue weighted by Crippen LogP contribution is 2.10. The molecule has 0 saturated carbocycles. The number of carbonyl (C=O) groups is 1. The molecule has 0 spiro atoms. The maximum absolute atomic E-state index is 11.9. The molecule has 1 rings (SSSR count). The molecule has 0 aromatic rings. The Morgan fingerprint density at radius 2 is 1.88 bits per heavy atom. The van der Waals surface area contributed by atoms with E-state index in [9.17, 15) is 4.79 Å². The third-order valence-electron chi connectivity index (χ3n) is 3.01. The van der Waals surface area contributed by atoms with E-state index in [-0.39, 0.29) is 18.2 Å². The maximum atomic E-state index is 11.9. The highest BCUT2D eigenvalue weighted by Gasteiger charge is 2.25. The summed E-state index contributed by atoms with van der Waals surface area (Å²) in [6.45, 7) is 8.40. The zero-order valence-corrected chi connectivity index (χ0v) is 11.4. The van der Waals surface area contributed by atoms with Crippen LogP contribution in [0.25, 0.3) is 0 Å². The van der Waals surface area contributed by atoms with Crippen molar-refractivity contribution in [1.82, 2.24) is 10.2 Å². The van der Waals surface area contributed by atoms with Crippen LogP contribution in [0.5, 0.6) is 0 Å². The fourth-order valence-electron chi connectivity index (χ4n) is 2.20. The van der Waals surface area contributed by atoms with E-state index in [4.69, 9.17) is 4.74 Å². The van der Waals surface area contributed by atoms with Gasteiger partial charge >= 0.3 is 6.03 Å². The highest BCUT2D eigenvalue weighted by molar-refractivity contribution is 5.74. The smallest absolute Gasteiger partial charge is 0.317 e. The molecular weight excluding hydrogens is 216 g/mol. The Labute approximate surface area is 105 Å². The molecule has 4 nitrogen and oxygen atoms in total. The van der Waals surface area contributed by atoms with Crippen molar-refractivity contribution in [2.45, 2.75) is 58.7 Å². The van der Waals surface area contributed by atoms with Crippen LogP contribution in [0.4, 0.5) is 4.79 Å². The lowest BCUT2D eigenvalue weighted by atomic mass is 10.2. The van der Waals surface area contributed by atoms with Gasteiger partial charge in [0, 0.05) is 19.6 Å². The number of rotatable bonds is 5. The molecule has 2 amide bonds. The van der Waals surface area contributed by atoms with E-state index in [0.29, 0.717) is 13.1 Å². The Morgan fingerprint density at radius 1 is 1.24 bits per heavy atom. The van der Waals surface area contributed by atoms with Gasteiger partial charge in [-0.1, -0.05) is 26.2 Å². The fourth-order valence-corrected chi connectivity index (χ4v) is 2.20. The summed E-state index contributed by atoms with van der Waals surface area (Å²) in [5.74, 6) is 0. The molecule has 1 aliphatic rings. The molecule has 1 N–H and O–H groups in total. The minimum absolute atomic E-state index is 0.0588. The van der Waals surface area contributed by atoms with Crippen molar-refractivity contribution in [3.05, 3.63) is 0 Å². The van der Waals surface area contributed by atoms with Crippen LogP contribution in [0.3, 0.4) is 0 Å². The molecule has 2 unspecified atom stereocenters. The predicted molar refractivity (Wildman–Crippen MR) is 69.1 cm³/mol. The molecular formula is C13H26N2O2. The number of carbonyl (C=O) groups excluding carboxylic acids is 1. The molecule has 17 heavy (non-hydrogen) atoms. The van der Waals surface area contributed by atoms with Crippen LogP contribution >= 0.6 is 0 Å². The van der Waals surface area contributed by atoms with Gasteiger partial charge in [0.15, 0.2) is 0 Å². The monoisotopic (exact) mass is 242 g/mol. The largest absolute Gasteiger partial charge is 0.372 e. The van der Waals surface area contributed by atoms with Gasteiger partial charge in [0.25, 0.3) is 0 Å². The lowest BCUT2D eigenvalue weighted by Gasteiger charge is -2.35. The van der Waals surface area contributed by atoms with Crippen LogP contribution in [0.2, 0.25) is 0 Å². The zero-order valence-electron chi connectivity index (χ0n) is 11.4. The summed E-state index contributed by atoms with van der Waals surface area (Å²) in [7, 11) is 0. The van der Waals surface area contributed by atoms with Crippen molar-refractivity contribution in [3.8, 4) is 0 Å².